The summed E-state index contributed by atoms with van der Waals surface area (Å²) in [7, 11) is 0. The smallest absolute Gasteiger partial charge is 0.228 e. The molecule has 0 N–H and O–H groups in total. The van der Waals surface area contributed by atoms with E-state index >= 15 is 0 Å². The molecule has 1 aromatic rings. The third-order valence-corrected chi connectivity index (χ3v) is 2.75. The van der Waals surface area contributed by atoms with E-state index in [1.807, 2.05) is 13.8 Å². The van der Waals surface area contributed by atoms with Gasteiger partial charge in [-0.1, -0.05) is 29.3 Å². The lowest BCUT2D eigenvalue weighted by Crippen LogP contribution is -2.28. The zero-order chi connectivity index (χ0) is 13.4. The largest absolute Gasteiger partial charge is 0.475 e. The number of halogens is 1. The van der Waals surface area contributed by atoms with E-state index < -0.39 is 0 Å². The van der Waals surface area contributed by atoms with Gasteiger partial charge in [-0.15, -0.1) is 0 Å². The molecule has 0 bridgehead atoms. The average molecular weight is 316 g/mol. The van der Waals surface area contributed by atoms with Crippen molar-refractivity contribution in [3.05, 3.63) is 12.3 Å². The number of ether oxygens (including phenoxy) is 1. The second-order valence-electron chi connectivity index (χ2n) is 4.39. The molecule has 0 aromatic carbocycles. The summed E-state index contributed by atoms with van der Waals surface area (Å²) in [6.07, 6.45) is 4.20. The van der Waals surface area contributed by atoms with E-state index in [0.717, 1.165) is 30.8 Å². The van der Waals surface area contributed by atoms with Crippen LogP contribution in [-0.4, -0.2) is 34.5 Å². The van der Waals surface area contributed by atoms with Crippen molar-refractivity contribution in [2.45, 2.75) is 39.7 Å². The molecule has 0 unspecified atom stereocenters. The Morgan fingerprint density at radius 3 is 2.78 bits per heavy atom. The summed E-state index contributed by atoms with van der Waals surface area (Å²) in [6, 6.07) is 1.80. The van der Waals surface area contributed by atoms with Gasteiger partial charge in [-0.05, 0) is 20.3 Å². The lowest BCUT2D eigenvalue weighted by Gasteiger charge is -2.21. The van der Waals surface area contributed by atoms with Crippen LogP contribution in [0.25, 0.3) is 0 Å². The van der Waals surface area contributed by atoms with Gasteiger partial charge in [0.2, 0.25) is 11.8 Å². The molecule has 1 rings (SSSR count). The summed E-state index contributed by atoms with van der Waals surface area (Å²) >= 11 is 3.47. The van der Waals surface area contributed by atoms with Crippen LogP contribution >= 0.6 is 15.9 Å². The monoisotopic (exact) mass is 315 g/mol. The van der Waals surface area contributed by atoms with Crippen molar-refractivity contribution in [1.29, 1.82) is 0 Å². The molecule has 0 aliphatic carbocycles. The fourth-order valence-corrected chi connectivity index (χ4v) is 1.98. The highest BCUT2D eigenvalue weighted by molar-refractivity contribution is 9.09. The zero-order valence-corrected chi connectivity index (χ0v) is 13.0. The fourth-order valence-electron chi connectivity index (χ4n) is 1.55. The lowest BCUT2D eigenvalue weighted by atomic mass is 10.3. The molecular weight excluding hydrogens is 294 g/mol. The van der Waals surface area contributed by atoms with Gasteiger partial charge >= 0.3 is 0 Å². The minimum Gasteiger partial charge on any atom is -0.475 e. The van der Waals surface area contributed by atoms with E-state index in [-0.39, 0.29) is 6.10 Å². The molecule has 1 heterocycles. The summed E-state index contributed by atoms with van der Waals surface area (Å²) in [6.45, 7) is 8.06. The molecule has 0 aliphatic heterocycles. The third kappa shape index (κ3) is 5.21. The minimum atomic E-state index is 0.132. The highest BCUT2D eigenvalue weighted by Gasteiger charge is 2.10. The second-order valence-corrected chi connectivity index (χ2v) is 5.18. The van der Waals surface area contributed by atoms with Crippen molar-refractivity contribution in [2.75, 3.05) is 23.3 Å². The molecule has 0 spiro atoms. The van der Waals surface area contributed by atoms with Crippen LogP contribution in [0.1, 0.15) is 33.6 Å². The van der Waals surface area contributed by atoms with E-state index in [1.165, 1.54) is 6.42 Å². The van der Waals surface area contributed by atoms with Gasteiger partial charge in [0.15, 0.2) is 0 Å². The van der Waals surface area contributed by atoms with Crippen molar-refractivity contribution in [2.24, 2.45) is 0 Å². The van der Waals surface area contributed by atoms with Crippen molar-refractivity contribution in [1.82, 2.24) is 9.97 Å². The number of nitrogens with zero attached hydrogens (tertiary/aromatic N) is 3. The van der Waals surface area contributed by atoms with Gasteiger partial charge in [-0.2, -0.15) is 4.98 Å². The molecule has 0 atom stereocenters. The normalized spacial score (nSPS) is 10.7. The first-order valence-corrected chi connectivity index (χ1v) is 7.60. The Balaban J connectivity index is 2.76. The highest BCUT2D eigenvalue weighted by Crippen LogP contribution is 2.14. The first-order valence-electron chi connectivity index (χ1n) is 6.48. The van der Waals surface area contributed by atoms with Gasteiger partial charge < -0.3 is 9.64 Å². The van der Waals surface area contributed by atoms with Crippen molar-refractivity contribution < 1.29 is 4.74 Å². The molecule has 18 heavy (non-hydrogen) atoms. The number of anilines is 1. The Hall–Kier alpha value is -0.840. The number of rotatable bonds is 8. The number of hydrogen-bond acceptors (Lipinski definition) is 4. The molecule has 0 aliphatic rings. The third-order valence-electron chi connectivity index (χ3n) is 2.39. The summed E-state index contributed by atoms with van der Waals surface area (Å²) < 4.78 is 5.60. The summed E-state index contributed by atoms with van der Waals surface area (Å²) in [4.78, 5) is 11.0. The van der Waals surface area contributed by atoms with E-state index in [0.29, 0.717) is 5.88 Å². The zero-order valence-electron chi connectivity index (χ0n) is 11.4. The summed E-state index contributed by atoms with van der Waals surface area (Å²) in [5, 5.41) is 0.912. The van der Waals surface area contributed by atoms with E-state index in [2.05, 4.69) is 37.7 Å². The van der Waals surface area contributed by atoms with Gasteiger partial charge in [0.05, 0.1) is 6.10 Å². The van der Waals surface area contributed by atoms with Gasteiger partial charge in [0.1, 0.15) is 0 Å². The minimum absolute atomic E-state index is 0.132. The number of aromatic nitrogens is 2. The molecule has 0 saturated carbocycles. The predicted octanol–water partition coefficient (Wildman–Crippen LogP) is 3.27. The topological polar surface area (TPSA) is 38.2 Å². The maximum absolute atomic E-state index is 5.60. The highest BCUT2D eigenvalue weighted by atomic mass is 79.9. The molecule has 1 aromatic heterocycles. The maximum Gasteiger partial charge on any atom is 0.228 e. The van der Waals surface area contributed by atoms with Crippen molar-refractivity contribution in [3.63, 3.8) is 0 Å². The van der Waals surface area contributed by atoms with Crippen LogP contribution in [0, 0.1) is 0 Å². The summed E-state index contributed by atoms with van der Waals surface area (Å²) in [5.41, 5.74) is 0. The van der Waals surface area contributed by atoms with Crippen LogP contribution in [0.5, 0.6) is 5.88 Å². The first kappa shape index (κ1) is 15.2. The molecule has 4 nitrogen and oxygen atoms in total. The molecule has 0 radical (unpaired) electrons. The van der Waals surface area contributed by atoms with Crippen LogP contribution < -0.4 is 9.64 Å². The van der Waals surface area contributed by atoms with Crippen molar-refractivity contribution in [3.8, 4) is 5.88 Å². The Kier molecular flexibility index (Phi) is 7.01. The molecule has 5 heteroatoms. The van der Waals surface area contributed by atoms with Crippen LogP contribution in [0.4, 0.5) is 5.95 Å². The fraction of sp³-hybridized carbons (Fsp3) is 0.692. The number of alkyl halides is 1. The van der Waals surface area contributed by atoms with E-state index in [1.54, 1.807) is 12.3 Å². The Labute approximate surface area is 118 Å². The van der Waals surface area contributed by atoms with Crippen LogP contribution in [0.15, 0.2) is 12.3 Å². The summed E-state index contributed by atoms with van der Waals surface area (Å²) in [5.74, 6) is 1.40. The average Bonchev–Trinajstić information content (AvgIpc) is 2.34. The van der Waals surface area contributed by atoms with E-state index in [9.17, 15) is 0 Å². The second kappa shape index (κ2) is 8.29. The predicted molar refractivity (Wildman–Crippen MR) is 78.7 cm³/mol. The van der Waals surface area contributed by atoms with Crippen LogP contribution in [-0.2, 0) is 0 Å². The Bertz CT molecular complexity index is 347. The Morgan fingerprint density at radius 1 is 1.39 bits per heavy atom. The van der Waals surface area contributed by atoms with Gasteiger partial charge in [-0.3, -0.25) is 0 Å². The SMILES string of the molecule is CCCCN(CCBr)c1nccc(OC(C)C)n1. The molecular formula is C13H22BrN3O. The lowest BCUT2D eigenvalue weighted by molar-refractivity contribution is 0.232. The first-order chi connectivity index (χ1) is 8.67. The van der Waals surface area contributed by atoms with Gasteiger partial charge in [0, 0.05) is 30.7 Å². The quantitative estimate of drug-likeness (QED) is 0.690. The molecule has 0 amide bonds. The molecule has 0 saturated heterocycles. The van der Waals surface area contributed by atoms with Crippen LogP contribution in [0.2, 0.25) is 0 Å². The van der Waals surface area contributed by atoms with Gasteiger partial charge in [-0.25, -0.2) is 4.98 Å². The molecule has 0 fully saturated rings. The molecule has 102 valence electrons. The number of hydrogen-bond donors (Lipinski definition) is 0. The van der Waals surface area contributed by atoms with Crippen LogP contribution in [0.3, 0.4) is 0 Å². The Morgan fingerprint density at radius 2 is 2.17 bits per heavy atom. The standard InChI is InChI=1S/C13H22BrN3O/c1-4-5-9-17(10-7-14)13-15-8-6-12(16-13)18-11(2)3/h6,8,11H,4-5,7,9-10H2,1-3H3. The maximum atomic E-state index is 5.60. The number of unbranched alkanes of at least 4 members (excludes halogenated alkanes) is 1. The van der Waals surface area contributed by atoms with Crippen molar-refractivity contribution >= 4 is 21.9 Å². The van der Waals surface area contributed by atoms with Gasteiger partial charge in [0.25, 0.3) is 0 Å². The van der Waals surface area contributed by atoms with E-state index in [4.69, 9.17) is 4.74 Å².